The van der Waals surface area contributed by atoms with E-state index in [9.17, 15) is 13.6 Å². The molecule has 0 spiro atoms. The summed E-state index contributed by atoms with van der Waals surface area (Å²) in [5, 5.41) is 12.6. The molecule has 8 nitrogen and oxygen atoms in total. The zero-order chi connectivity index (χ0) is 27.1. The zero-order valence-electron chi connectivity index (χ0n) is 21.7. The van der Waals surface area contributed by atoms with Crippen LogP contribution in [0.2, 0.25) is 0 Å². The van der Waals surface area contributed by atoms with Gasteiger partial charge in [0.1, 0.15) is 17.8 Å². The molecule has 0 saturated heterocycles. The quantitative estimate of drug-likeness (QED) is 0.245. The number of benzene rings is 1. The van der Waals surface area contributed by atoms with Gasteiger partial charge in [0, 0.05) is 11.6 Å². The van der Waals surface area contributed by atoms with Crippen LogP contribution in [-0.4, -0.2) is 40.3 Å². The number of nitrogens with zero attached hydrogens (tertiary/aromatic N) is 7. The molecule has 4 aromatic heterocycles. The smallest absolute Gasteiger partial charge is 0.282 e. The molecule has 5 rings (SSSR count). The van der Waals surface area contributed by atoms with E-state index in [0.29, 0.717) is 11.5 Å². The fraction of sp³-hybridized carbons (Fsp3) is 0.286. The third kappa shape index (κ3) is 4.57. The van der Waals surface area contributed by atoms with Crippen molar-refractivity contribution in [3.8, 4) is 11.6 Å². The van der Waals surface area contributed by atoms with E-state index >= 15 is 0 Å². The topological polar surface area (TPSA) is 91.4 Å². The largest absolute Gasteiger partial charge is 0.294 e. The SMILES string of the molecule is CC(=O)c1ccc(-n2cnc3ccc([C@@H](C)C(C)c4ccc(C)nn4)cc32)nc1-n1nc(C(F)F)cc1C. The third-order valence-corrected chi connectivity index (χ3v) is 6.95. The number of carbonyl (C=O) groups is 1. The molecule has 0 saturated carbocycles. The zero-order valence-corrected chi connectivity index (χ0v) is 21.7. The molecular weight excluding hydrogens is 488 g/mol. The van der Waals surface area contributed by atoms with E-state index in [1.807, 2.05) is 29.7 Å². The van der Waals surface area contributed by atoms with Crippen molar-refractivity contribution in [2.24, 2.45) is 0 Å². The van der Waals surface area contributed by atoms with Crippen molar-refractivity contribution >= 4 is 16.8 Å². The van der Waals surface area contributed by atoms with Gasteiger partial charge >= 0.3 is 0 Å². The molecule has 38 heavy (non-hydrogen) atoms. The van der Waals surface area contributed by atoms with E-state index in [2.05, 4.69) is 46.3 Å². The molecule has 4 heterocycles. The molecule has 0 bridgehead atoms. The lowest BCUT2D eigenvalue weighted by Gasteiger charge is -2.20. The second kappa shape index (κ2) is 9.85. The van der Waals surface area contributed by atoms with Gasteiger partial charge in [-0.2, -0.15) is 15.3 Å². The van der Waals surface area contributed by atoms with Crippen molar-refractivity contribution in [2.75, 3.05) is 0 Å². The Balaban J connectivity index is 1.58. The van der Waals surface area contributed by atoms with E-state index in [1.54, 1.807) is 25.4 Å². The summed E-state index contributed by atoms with van der Waals surface area (Å²) in [5.74, 6) is 0.708. The van der Waals surface area contributed by atoms with Gasteiger partial charge in [-0.15, -0.1) is 0 Å². The van der Waals surface area contributed by atoms with Crippen LogP contribution in [0.1, 0.15) is 77.7 Å². The molecule has 0 amide bonds. The Morgan fingerprint density at radius 3 is 2.37 bits per heavy atom. The second-order valence-electron chi connectivity index (χ2n) is 9.56. The maximum absolute atomic E-state index is 13.3. The van der Waals surface area contributed by atoms with Crippen LogP contribution in [-0.2, 0) is 0 Å². The predicted molar refractivity (Wildman–Crippen MR) is 139 cm³/mol. The lowest BCUT2D eigenvalue weighted by molar-refractivity contribution is 0.101. The van der Waals surface area contributed by atoms with Crippen LogP contribution in [0.15, 0.2) is 54.9 Å². The van der Waals surface area contributed by atoms with Crippen molar-refractivity contribution in [3.63, 3.8) is 0 Å². The van der Waals surface area contributed by atoms with Gasteiger partial charge in [-0.05, 0) is 74.7 Å². The van der Waals surface area contributed by atoms with Gasteiger partial charge in [-0.1, -0.05) is 19.9 Å². The van der Waals surface area contributed by atoms with E-state index in [1.165, 1.54) is 17.7 Å². The molecule has 2 atom stereocenters. The van der Waals surface area contributed by atoms with Crippen molar-refractivity contribution < 1.29 is 13.6 Å². The van der Waals surface area contributed by atoms with Crippen molar-refractivity contribution in [3.05, 3.63) is 88.8 Å². The summed E-state index contributed by atoms with van der Waals surface area (Å²) in [4.78, 5) is 21.6. The minimum atomic E-state index is -2.73. The van der Waals surface area contributed by atoms with Crippen LogP contribution >= 0.6 is 0 Å². The van der Waals surface area contributed by atoms with Gasteiger partial charge in [0.15, 0.2) is 11.6 Å². The monoisotopic (exact) mass is 515 g/mol. The van der Waals surface area contributed by atoms with E-state index < -0.39 is 6.43 Å². The highest BCUT2D eigenvalue weighted by Gasteiger charge is 2.22. The van der Waals surface area contributed by atoms with E-state index in [-0.39, 0.29) is 34.7 Å². The first kappa shape index (κ1) is 25.3. The summed E-state index contributed by atoms with van der Waals surface area (Å²) >= 11 is 0. The lowest BCUT2D eigenvalue weighted by Crippen LogP contribution is -2.11. The molecule has 0 aliphatic rings. The number of ketones is 1. The van der Waals surface area contributed by atoms with Gasteiger partial charge in [-0.3, -0.25) is 9.36 Å². The Morgan fingerprint density at radius 2 is 1.71 bits per heavy atom. The summed E-state index contributed by atoms with van der Waals surface area (Å²) in [5.41, 5.74) is 4.86. The van der Waals surface area contributed by atoms with Gasteiger partial charge in [0.05, 0.1) is 28.0 Å². The highest BCUT2D eigenvalue weighted by Crippen LogP contribution is 2.33. The number of Topliss-reactive ketones (excluding diaryl/α,β-unsaturated/α-hetero) is 1. The Labute approximate surface area is 218 Å². The number of aryl methyl sites for hydroxylation is 2. The van der Waals surface area contributed by atoms with E-state index in [0.717, 1.165) is 28.0 Å². The first-order valence-electron chi connectivity index (χ1n) is 12.3. The Morgan fingerprint density at radius 1 is 0.921 bits per heavy atom. The second-order valence-corrected chi connectivity index (χ2v) is 9.56. The lowest BCUT2D eigenvalue weighted by atomic mass is 9.86. The summed E-state index contributed by atoms with van der Waals surface area (Å²) in [6, 6.07) is 14.7. The normalized spacial score (nSPS) is 13.3. The number of alkyl halides is 2. The van der Waals surface area contributed by atoms with Crippen molar-refractivity contribution in [2.45, 2.75) is 52.9 Å². The molecule has 0 aliphatic heterocycles. The summed E-state index contributed by atoms with van der Waals surface area (Å²) < 4.78 is 29.7. The van der Waals surface area contributed by atoms with Crippen molar-refractivity contribution in [1.82, 2.24) is 34.5 Å². The van der Waals surface area contributed by atoms with Crippen LogP contribution in [0.25, 0.3) is 22.7 Å². The van der Waals surface area contributed by atoms with Gasteiger partial charge in [0.2, 0.25) is 0 Å². The molecular formula is C28H27F2N7O. The van der Waals surface area contributed by atoms with Crippen LogP contribution in [0.4, 0.5) is 8.78 Å². The first-order chi connectivity index (χ1) is 18.1. The number of imidazole rings is 1. The number of pyridine rings is 1. The third-order valence-electron chi connectivity index (χ3n) is 6.95. The molecule has 0 aliphatic carbocycles. The highest BCUT2D eigenvalue weighted by atomic mass is 19.3. The Kier molecular flexibility index (Phi) is 6.56. The first-order valence-corrected chi connectivity index (χ1v) is 12.3. The standard InChI is InChI=1S/C28H27F2N7O/c1-15-6-9-22(34-33-15)18(4)17(3)20-7-10-23-25(13-20)36(14-31-23)26-11-8-21(19(5)38)28(32-26)37-16(2)12-24(35-37)27(29)30/h6-14,17-18,27H,1-5H3/t17-,18?/m0/s1. The molecule has 1 aromatic carbocycles. The number of carbonyl (C=O) groups excluding carboxylic acids is 1. The van der Waals surface area contributed by atoms with E-state index in [4.69, 9.17) is 4.98 Å². The maximum Gasteiger partial charge on any atom is 0.282 e. The Hall–Kier alpha value is -4.34. The molecule has 0 fully saturated rings. The number of hydrogen-bond acceptors (Lipinski definition) is 6. The molecule has 10 heteroatoms. The van der Waals surface area contributed by atoms with Crippen LogP contribution < -0.4 is 0 Å². The Bertz CT molecular complexity index is 1640. The van der Waals surface area contributed by atoms with Crippen molar-refractivity contribution in [1.29, 1.82) is 0 Å². The van der Waals surface area contributed by atoms with Gasteiger partial charge in [-0.25, -0.2) is 23.4 Å². The predicted octanol–water partition coefficient (Wildman–Crippen LogP) is 6.06. The number of fused-ring (bicyclic) bond motifs is 1. The summed E-state index contributed by atoms with van der Waals surface area (Å²) in [6.07, 6.45) is -1.07. The summed E-state index contributed by atoms with van der Waals surface area (Å²) in [7, 11) is 0. The molecule has 5 aromatic rings. The minimum absolute atomic E-state index is 0.128. The summed E-state index contributed by atoms with van der Waals surface area (Å²) in [6.45, 7) is 9.24. The van der Waals surface area contributed by atoms with Gasteiger partial charge < -0.3 is 0 Å². The number of halogens is 2. The number of hydrogen-bond donors (Lipinski definition) is 0. The average Bonchev–Trinajstić information content (AvgIpc) is 3.51. The molecule has 0 radical (unpaired) electrons. The fourth-order valence-electron chi connectivity index (χ4n) is 4.52. The van der Waals surface area contributed by atoms with Crippen LogP contribution in [0, 0.1) is 13.8 Å². The fourth-order valence-corrected chi connectivity index (χ4v) is 4.52. The van der Waals surface area contributed by atoms with Crippen LogP contribution in [0.5, 0.6) is 0 Å². The average molecular weight is 516 g/mol. The maximum atomic E-state index is 13.3. The highest BCUT2D eigenvalue weighted by molar-refractivity contribution is 5.97. The molecule has 0 N–H and O–H groups in total. The minimum Gasteiger partial charge on any atom is -0.294 e. The van der Waals surface area contributed by atoms with Gasteiger partial charge in [0.25, 0.3) is 6.43 Å². The number of rotatable bonds is 7. The van der Waals surface area contributed by atoms with Crippen LogP contribution in [0.3, 0.4) is 0 Å². The molecule has 1 unspecified atom stereocenters. The molecule has 194 valence electrons. The number of aromatic nitrogens is 7.